The van der Waals surface area contributed by atoms with Gasteiger partial charge in [0, 0.05) is 6.04 Å². The van der Waals surface area contributed by atoms with Crippen molar-refractivity contribution in [3.8, 4) is 5.75 Å². The lowest BCUT2D eigenvalue weighted by atomic mass is 9.74. The van der Waals surface area contributed by atoms with Gasteiger partial charge in [0.25, 0.3) is 0 Å². The second kappa shape index (κ2) is 6.39. The van der Waals surface area contributed by atoms with Gasteiger partial charge in [-0.2, -0.15) is 0 Å². The quantitative estimate of drug-likeness (QED) is 0.720. The molecule has 21 heavy (non-hydrogen) atoms. The predicted octanol–water partition coefficient (Wildman–Crippen LogP) is 4.38. The molecule has 0 amide bonds. The van der Waals surface area contributed by atoms with E-state index in [0.29, 0.717) is 5.41 Å². The van der Waals surface area contributed by atoms with Crippen molar-refractivity contribution < 1.29 is 4.74 Å². The van der Waals surface area contributed by atoms with E-state index in [9.17, 15) is 0 Å². The van der Waals surface area contributed by atoms with E-state index in [2.05, 4.69) is 36.1 Å². The Morgan fingerprint density at radius 1 is 1.29 bits per heavy atom. The van der Waals surface area contributed by atoms with Crippen molar-refractivity contribution in [2.24, 2.45) is 0 Å². The summed E-state index contributed by atoms with van der Waals surface area (Å²) in [6.45, 7) is 4.89. The molecule has 2 atom stereocenters. The Hall–Kier alpha value is -1.02. The summed E-state index contributed by atoms with van der Waals surface area (Å²) < 4.78 is 5.42. The van der Waals surface area contributed by atoms with Gasteiger partial charge in [0.05, 0.1) is 7.11 Å². The number of methoxy groups -OCH3 is 1. The minimum atomic E-state index is 0.431. The van der Waals surface area contributed by atoms with Crippen molar-refractivity contribution >= 4 is 0 Å². The normalized spacial score (nSPS) is 28.8. The molecular formula is C19H29NO. The van der Waals surface area contributed by atoms with Crippen molar-refractivity contribution in [2.75, 3.05) is 20.2 Å². The third kappa shape index (κ3) is 2.96. The van der Waals surface area contributed by atoms with Crippen LogP contribution >= 0.6 is 0 Å². The Labute approximate surface area is 129 Å². The largest absolute Gasteiger partial charge is 0.497 e. The van der Waals surface area contributed by atoms with Gasteiger partial charge in [-0.1, -0.05) is 31.9 Å². The number of ether oxygens (including phenoxy) is 1. The molecule has 0 aromatic heterocycles. The molecule has 2 heteroatoms. The Balaban J connectivity index is 1.69. The van der Waals surface area contributed by atoms with Crippen LogP contribution in [0.1, 0.15) is 57.4 Å². The van der Waals surface area contributed by atoms with Crippen molar-refractivity contribution in [3.63, 3.8) is 0 Å². The molecule has 1 heterocycles. The number of rotatable bonds is 6. The second-order valence-electron chi connectivity index (χ2n) is 6.90. The van der Waals surface area contributed by atoms with Crippen LogP contribution in [0.2, 0.25) is 0 Å². The molecule has 2 fully saturated rings. The lowest BCUT2D eigenvalue weighted by Gasteiger charge is -2.40. The molecule has 1 aromatic carbocycles. The van der Waals surface area contributed by atoms with E-state index in [1.54, 1.807) is 7.11 Å². The summed E-state index contributed by atoms with van der Waals surface area (Å²) in [5.41, 5.74) is 1.94. The van der Waals surface area contributed by atoms with E-state index >= 15 is 0 Å². The maximum absolute atomic E-state index is 5.42. The Morgan fingerprint density at radius 3 is 3.00 bits per heavy atom. The molecule has 2 unspecified atom stereocenters. The number of nitrogens with zero attached hydrogens (tertiary/aromatic N) is 1. The summed E-state index contributed by atoms with van der Waals surface area (Å²) in [6, 6.07) is 9.63. The van der Waals surface area contributed by atoms with E-state index in [1.807, 2.05) is 0 Å². The molecule has 1 saturated carbocycles. The van der Waals surface area contributed by atoms with Crippen LogP contribution in [-0.2, 0) is 5.41 Å². The molecule has 3 rings (SSSR count). The van der Waals surface area contributed by atoms with Gasteiger partial charge in [0.15, 0.2) is 0 Å². The maximum Gasteiger partial charge on any atom is 0.119 e. The molecule has 0 N–H and O–H groups in total. The number of hydrogen-bond acceptors (Lipinski definition) is 2. The summed E-state index contributed by atoms with van der Waals surface area (Å²) in [6.07, 6.45) is 9.49. The van der Waals surface area contributed by atoms with E-state index in [4.69, 9.17) is 4.74 Å². The topological polar surface area (TPSA) is 12.5 Å². The molecule has 1 aliphatic carbocycles. The van der Waals surface area contributed by atoms with Gasteiger partial charge in [0.2, 0.25) is 0 Å². The number of benzene rings is 1. The highest BCUT2D eigenvalue weighted by molar-refractivity contribution is 5.35. The number of piperidine rings is 1. The molecule has 0 radical (unpaired) electrons. The highest BCUT2D eigenvalue weighted by Gasteiger charge is 2.46. The molecule has 0 spiro atoms. The molecule has 116 valence electrons. The van der Waals surface area contributed by atoms with Crippen LogP contribution in [0.4, 0.5) is 0 Å². The first-order valence-corrected chi connectivity index (χ1v) is 8.66. The zero-order valence-corrected chi connectivity index (χ0v) is 13.6. The fraction of sp³-hybridized carbons (Fsp3) is 0.684. The Morgan fingerprint density at radius 2 is 2.19 bits per heavy atom. The van der Waals surface area contributed by atoms with Crippen LogP contribution in [0, 0.1) is 0 Å². The minimum Gasteiger partial charge on any atom is -0.497 e. The van der Waals surface area contributed by atoms with E-state index < -0.39 is 0 Å². The monoisotopic (exact) mass is 287 g/mol. The number of fused-ring (bicyclic) bond motifs is 2. The van der Waals surface area contributed by atoms with Gasteiger partial charge < -0.3 is 9.64 Å². The molecule has 2 nitrogen and oxygen atoms in total. The van der Waals surface area contributed by atoms with Crippen LogP contribution in [0.3, 0.4) is 0 Å². The third-order valence-electron chi connectivity index (χ3n) is 5.71. The Bertz CT molecular complexity index is 472. The predicted molar refractivity (Wildman–Crippen MR) is 88.0 cm³/mol. The van der Waals surface area contributed by atoms with Gasteiger partial charge >= 0.3 is 0 Å². The lowest BCUT2D eigenvalue weighted by molar-refractivity contribution is 0.138. The van der Waals surface area contributed by atoms with Gasteiger partial charge in [0.1, 0.15) is 5.75 Å². The number of likely N-dealkylation sites (tertiary alicyclic amines) is 1. The molecule has 1 saturated heterocycles. The van der Waals surface area contributed by atoms with E-state index in [-0.39, 0.29) is 0 Å². The highest BCUT2D eigenvalue weighted by atomic mass is 16.5. The molecular weight excluding hydrogens is 258 g/mol. The molecule has 2 aliphatic rings. The van der Waals surface area contributed by atoms with E-state index in [1.165, 1.54) is 63.6 Å². The lowest BCUT2D eigenvalue weighted by Crippen LogP contribution is -2.43. The van der Waals surface area contributed by atoms with Crippen LogP contribution in [-0.4, -0.2) is 31.1 Å². The van der Waals surface area contributed by atoms with Gasteiger partial charge in [-0.15, -0.1) is 0 Å². The van der Waals surface area contributed by atoms with Gasteiger partial charge in [-0.25, -0.2) is 0 Å². The second-order valence-corrected chi connectivity index (χ2v) is 6.90. The highest BCUT2D eigenvalue weighted by Crippen LogP contribution is 2.49. The van der Waals surface area contributed by atoms with Crippen LogP contribution in [0.25, 0.3) is 0 Å². The van der Waals surface area contributed by atoms with Crippen LogP contribution in [0.5, 0.6) is 5.75 Å². The van der Waals surface area contributed by atoms with Crippen molar-refractivity contribution in [1.82, 2.24) is 4.90 Å². The first-order chi connectivity index (χ1) is 10.3. The molecule has 1 aromatic rings. The average molecular weight is 287 g/mol. The summed E-state index contributed by atoms with van der Waals surface area (Å²) in [4.78, 5) is 2.76. The van der Waals surface area contributed by atoms with Crippen LogP contribution in [0.15, 0.2) is 24.3 Å². The molecule has 1 aliphatic heterocycles. The fourth-order valence-electron chi connectivity index (χ4n) is 4.40. The first-order valence-electron chi connectivity index (χ1n) is 8.66. The number of hydrogen-bond donors (Lipinski definition) is 0. The maximum atomic E-state index is 5.42. The van der Waals surface area contributed by atoms with Gasteiger partial charge in [-0.3, -0.25) is 0 Å². The fourth-order valence-corrected chi connectivity index (χ4v) is 4.40. The minimum absolute atomic E-state index is 0.431. The SMILES string of the molecule is CCCCCN1CCC2(c3cccc(OC)c3)CCC1C2. The zero-order valence-electron chi connectivity index (χ0n) is 13.6. The summed E-state index contributed by atoms with van der Waals surface area (Å²) in [5, 5.41) is 0. The Kier molecular flexibility index (Phi) is 4.54. The molecule has 2 bridgehead atoms. The van der Waals surface area contributed by atoms with Crippen molar-refractivity contribution in [1.29, 1.82) is 0 Å². The summed E-state index contributed by atoms with van der Waals surface area (Å²) in [7, 11) is 1.77. The zero-order chi connectivity index (χ0) is 14.7. The first kappa shape index (κ1) is 14.9. The van der Waals surface area contributed by atoms with Crippen molar-refractivity contribution in [2.45, 2.75) is 63.3 Å². The van der Waals surface area contributed by atoms with Crippen LogP contribution < -0.4 is 4.74 Å². The average Bonchev–Trinajstić information content (AvgIpc) is 2.89. The summed E-state index contributed by atoms with van der Waals surface area (Å²) >= 11 is 0. The number of unbranched alkanes of at least 4 members (excludes halogenated alkanes) is 2. The smallest absolute Gasteiger partial charge is 0.119 e. The summed E-state index contributed by atoms with van der Waals surface area (Å²) in [5.74, 6) is 1.01. The van der Waals surface area contributed by atoms with Crippen molar-refractivity contribution in [3.05, 3.63) is 29.8 Å². The van der Waals surface area contributed by atoms with E-state index in [0.717, 1.165) is 11.8 Å². The van der Waals surface area contributed by atoms with Gasteiger partial charge in [-0.05, 0) is 68.3 Å². The third-order valence-corrected chi connectivity index (χ3v) is 5.71. The standard InChI is InChI=1S/C19H29NO/c1-3-4-5-12-20-13-11-19(10-9-17(20)15-19)16-7-6-8-18(14-16)21-2/h6-8,14,17H,3-5,9-13,15H2,1-2H3.